The summed E-state index contributed by atoms with van der Waals surface area (Å²) in [6, 6.07) is 16.4. The average molecular weight is 362 g/mol. The van der Waals surface area contributed by atoms with Crippen molar-refractivity contribution in [2.24, 2.45) is 5.92 Å². The van der Waals surface area contributed by atoms with Gasteiger partial charge in [0.15, 0.2) is 5.78 Å². The molecule has 1 aliphatic carbocycles. The Bertz CT molecular complexity index is 844. The van der Waals surface area contributed by atoms with Gasteiger partial charge in [0.2, 0.25) is 0 Å². The molecular weight excluding hydrogens is 336 g/mol. The lowest BCUT2D eigenvalue weighted by molar-refractivity contribution is -0.151. The van der Waals surface area contributed by atoms with E-state index >= 15 is 0 Å². The Morgan fingerprint density at radius 2 is 1.70 bits per heavy atom. The number of ketones is 1. The van der Waals surface area contributed by atoms with Gasteiger partial charge in [0.05, 0.1) is 6.61 Å². The number of ether oxygens (including phenoxy) is 1. The second-order valence-corrected chi connectivity index (χ2v) is 7.07. The first-order chi connectivity index (χ1) is 13.0. The van der Waals surface area contributed by atoms with Gasteiger partial charge in [-0.05, 0) is 55.0 Å². The normalized spacial score (nSPS) is 19.5. The van der Waals surface area contributed by atoms with Crippen molar-refractivity contribution in [2.75, 3.05) is 6.61 Å². The van der Waals surface area contributed by atoms with Gasteiger partial charge in [-0.2, -0.15) is 0 Å². The van der Waals surface area contributed by atoms with E-state index in [9.17, 15) is 9.59 Å². The molecular formula is C24H26O3. The number of rotatable bonds is 5. The second-order valence-electron chi connectivity index (χ2n) is 7.07. The van der Waals surface area contributed by atoms with Crippen LogP contribution in [0.25, 0.3) is 5.57 Å². The summed E-state index contributed by atoms with van der Waals surface area (Å²) in [4.78, 5) is 25.4. The Morgan fingerprint density at radius 3 is 2.30 bits per heavy atom. The highest BCUT2D eigenvalue weighted by Crippen LogP contribution is 2.40. The number of allylic oxidation sites excluding steroid dienone is 2. The van der Waals surface area contributed by atoms with Crippen LogP contribution in [0.2, 0.25) is 0 Å². The minimum Gasteiger partial charge on any atom is -0.465 e. The Labute approximate surface area is 161 Å². The third-order valence-electron chi connectivity index (χ3n) is 5.24. The summed E-state index contributed by atoms with van der Waals surface area (Å²) in [5.41, 5.74) is 5.44. The maximum absolute atomic E-state index is 12.9. The van der Waals surface area contributed by atoms with Gasteiger partial charge in [-0.1, -0.05) is 61.0 Å². The lowest BCUT2D eigenvalue weighted by Crippen LogP contribution is -2.34. The molecule has 3 nitrogen and oxygen atoms in total. The highest BCUT2D eigenvalue weighted by Gasteiger charge is 2.39. The zero-order chi connectivity index (χ0) is 19.4. The van der Waals surface area contributed by atoms with Crippen molar-refractivity contribution in [3.05, 3.63) is 76.9 Å². The van der Waals surface area contributed by atoms with Crippen LogP contribution in [0.5, 0.6) is 0 Å². The van der Waals surface area contributed by atoms with E-state index in [2.05, 4.69) is 19.1 Å². The van der Waals surface area contributed by atoms with E-state index in [1.165, 1.54) is 11.1 Å². The van der Waals surface area contributed by atoms with E-state index in [1.807, 2.05) is 43.3 Å². The molecule has 27 heavy (non-hydrogen) atoms. The maximum atomic E-state index is 12.9. The third kappa shape index (κ3) is 4.19. The summed E-state index contributed by atoms with van der Waals surface area (Å²) in [6.45, 7) is 6.19. The first-order valence-electron chi connectivity index (χ1n) is 9.60. The van der Waals surface area contributed by atoms with Crippen LogP contribution in [-0.4, -0.2) is 18.4 Å². The number of esters is 1. The summed E-state index contributed by atoms with van der Waals surface area (Å²) in [6.07, 6.45) is 3.23. The Balaban J connectivity index is 1.99. The SMILES string of the molecule is CCOC(=O)[C@@H]1C(=O)C=C(c2ccc(C)cc2)C[C@@H]1c1ccc(CC)cc1. The van der Waals surface area contributed by atoms with Gasteiger partial charge in [-0.15, -0.1) is 0 Å². The molecule has 0 saturated carbocycles. The molecule has 3 heteroatoms. The standard InChI is InChI=1S/C24H26O3/c1-4-17-8-12-19(13-9-17)21-14-20(18-10-6-16(3)7-11-18)15-22(25)23(21)24(26)27-5-2/h6-13,15,21,23H,4-5,14H2,1-3H3/t21-,23+/m1/s1. The molecule has 0 fully saturated rings. The number of aryl methyl sites for hydroxylation is 2. The first kappa shape index (κ1) is 19.1. The van der Waals surface area contributed by atoms with Crippen LogP contribution >= 0.6 is 0 Å². The molecule has 3 rings (SSSR count). The van der Waals surface area contributed by atoms with Crippen molar-refractivity contribution < 1.29 is 14.3 Å². The smallest absolute Gasteiger partial charge is 0.317 e. The van der Waals surface area contributed by atoms with Gasteiger partial charge < -0.3 is 4.74 Å². The van der Waals surface area contributed by atoms with Gasteiger partial charge in [0.25, 0.3) is 0 Å². The molecule has 2 aromatic rings. The molecule has 2 atom stereocenters. The van der Waals surface area contributed by atoms with E-state index in [0.29, 0.717) is 6.42 Å². The minimum atomic E-state index is -0.772. The number of hydrogen-bond acceptors (Lipinski definition) is 3. The summed E-state index contributed by atoms with van der Waals surface area (Å²) >= 11 is 0. The number of carbonyl (C=O) groups excluding carboxylic acids is 2. The highest BCUT2D eigenvalue weighted by molar-refractivity contribution is 6.10. The second kappa shape index (κ2) is 8.34. The van der Waals surface area contributed by atoms with Crippen LogP contribution in [0.15, 0.2) is 54.6 Å². The van der Waals surface area contributed by atoms with Gasteiger partial charge in [0, 0.05) is 5.92 Å². The minimum absolute atomic E-state index is 0.167. The molecule has 0 unspecified atom stereocenters. The Morgan fingerprint density at radius 1 is 1.04 bits per heavy atom. The van der Waals surface area contributed by atoms with Crippen LogP contribution < -0.4 is 0 Å². The zero-order valence-corrected chi connectivity index (χ0v) is 16.2. The van der Waals surface area contributed by atoms with Crippen molar-refractivity contribution in [1.82, 2.24) is 0 Å². The summed E-state index contributed by atoms with van der Waals surface area (Å²) in [5.74, 6) is -1.57. The average Bonchev–Trinajstić information content (AvgIpc) is 2.68. The molecule has 0 heterocycles. The van der Waals surface area contributed by atoms with Crippen LogP contribution in [0.3, 0.4) is 0 Å². The molecule has 0 aliphatic heterocycles. The molecule has 0 N–H and O–H groups in total. The predicted molar refractivity (Wildman–Crippen MR) is 107 cm³/mol. The monoisotopic (exact) mass is 362 g/mol. The van der Waals surface area contributed by atoms with Crippen LogP contribution in [-0.2, 0) is 20.7 Å². The summed E-state index contributed by atoms with van der Waals surface area (Å²) in [7, 11) is 0. The molecule has 0 saturated heterocycles. The van der Waals surface area contributed by atoms with Gasteiger partial charge >= 0.3 is 5.97 Å². The quantitative estimate of drug-likeness (QED) is 0.562. The fourth-order valence-corrected chi connectivity index (χ4v) is 3.67. The third-order valence-corrected chi connectivity index (χ3v) is 5.24. The van der Waals surface area contributed by atoms with Crippen molar-refractivity contribution in [1.29, 1.82) is 0 Å². The van der Waals surface area contributed by atoms with E-state index in [0.717, 1.165) is 23.1 Å². The van der Waals surface area contributed by atoms with E-state index in [1.54, 1.807) is 13.0 Å². The number of carbonyl (C=O) groups is 2. The predicted octanol–water partition coefficient (Wildman–Crippen LogP) is 4.88. The molecule has 2 aromatic carbocycles. The van der Waals surface area contributed by atoms with Crippen molar-refractivity contribution in [3.8, 4) is 0 Å². The highest BCUT2D eigenvalue weighted by atomic mass is 16.5. The summed E-state index contributed by atoms with van der Waals surface area (Å²) in [5, 5.41) is 0. The number of benzene rings is 2. The maximum Gasteiger partial charge on any atom is 0.317 e. The lowest BCUT2D eigenvalue weighted by atomic mass is 9.73. The lowest BCUT2D eigenvalue weighted by Gasteiger charge is -2.29. The Hall–Kier alpha value is -2.68. The van der Waals surface area contributed by atoms with Gasteiger partial charge in [0.1, 0.15) is 5.92 Å². The zero-order valence-electron chi connectivity index (χ0n) is 16.2. The van der Waals surface area contributed by atoms with Crippen LogP contribution in [0.1, 0.15) is 48.4 Å². The van der Waals surface area contributed by atoms with Crippen LogP contribution in [0, 0.1) is 12.8 Å². The molecule has 0 amide bonds. The summed E-state index contributed by atoms with van der Waals surface area (Å²) < 4.78 is 5.22. The van der Waals surface area contributed by atoms with Crippen LogP contribution in [0.4, 0.5) is 0 Å². The van der Waals surface area contributed by atoms with Crippen molar-refractivity contribution in [3.63, 3.8) is 0 Å². The fourth-order valence-electron chi connectivity index (χ4n) is 3.67. The topological polar surface area (TPSA) is 43.4 Å². The molecule has 0 radical (unpaired) electrons. The van der Waals surface area contributed by atoms with Gasteiger partial charge in [-0.25, -0.2) is 0 Å². The first-order valence-corrected chi connectivity index (χ1v) is 9.60. The molecule has 0 spiro atoms. The molecule has 0 bridgehead atoms. The number of hydrogen-bond donors (Lipinski definition) is 0. The van der Waals surface area contributed by atoms with Crippen molar-refractivity contribution in [2.45, 2.75) is 39.5 Å². The molecule has 140 valence electrons. The Kier molecular flexibility index (Phi) is 5.90. The fraction of sp³-hybridized carbons (Fsp3) is 0.333. The van der Waals surface area contributed by atoms with E-state index in [-0.39, 0.29) is 18.3 Å². The molecule has 1 aliphatic rings. The van der Waals surface area contributed by atoms with E-state index < -0.39 is 11.9 Å². The van der Waals surface area contributed by atoms with Crippen molar-refractivity contribution >= 4 is 17.3 Å². The largest absolute Gasteiger partial charge is 0.465 e. The van der Waals surface area contributed by atoms with Gasteiger partial charge in [-0.3, -0.25) is 9.59 Å². The van der Waals surface area contributed by atoms with E-state index in [4.69, 9.17) is 4.74 Å². The molecule has 0 aromatic heterocycles.